The number of rotatable bonds is 4. The summed E-state index contributed by atoms with van der Waals surface area (Å²) in [7, 11) is 0. The number of pyridine rings is 1. The summed E-state index contributed by atoms with van der Waals surface area (Å²) in [5, 5.41) is 5.48. The molecule has 1 aromatic heterocycles. The number of aromatic nitrogens is 1. The minimum atomic E-state index is -0.228. The molecular weight excluding hydrogens is 328 g/mol. The molecule has 0 fully saturated rings. The Kier molecular flexibility index (Phi) is 4.84. The van der Waals surface area contributed by atoms with E-state index in [0.717, 1.165) is 4.90 Å². The van der Waals surface area contributed by atoms with Gasteiger partial charge in [0.15, 0.2) is 0 Å². The molecule has 1 atom stereocenters. The molecule has 1 N–H and O–H groups in total. The van der Waals surface area contributed by atoms with E-state index in [1.807, 2.05) is 25.1 Å². The van der Waals surface area contributed by atoms with Crippen molar-refractivity contribution in [1.82, 2.24) is 4.98 Å². The first-order chi connectivity index (χ1) is 11.1. The molecule has 0 aliphatic rings. The fraction of sp³-hybridized carbons (Fsp3) is 0.111. The Hall–Kier alpha value is -2.04. The van der Waals surface area contributed by atoms with Crippen LogP contribution in [-0.4, -0.2) is 16.1 Å². The van der Waals surface area contributed by atoms with E-state index in [2.05, 4.69) is 34.6 Å². The predicted molar refractivity (Wildman–Crippen MR) is 97.1 cm³/mol. The van der Waals surface area contributed by atoms with Crippen molar-refractivity contribution >= 4 is 45.9 Å². The molecule has 0 saturated heterocycles. The molecule has 0 saturated carbocycles. The molecule has 2 aromatic carbocycles. The lowest BCUT2D eigenvalue weighted by atomic mass is 10.1. The first-order valence-electron chi connectivity index (χ1n) is 7.20. The van der Waals surface area contributed by atoms with Gasteiger partial charge >= 0.3 is 0 Å². The SMILES string of the molecule is CC(Sc1ccc2ccccc2c1)C(=O)Nc1ccc(Cl)cn1. The van der Waals surface area contributed by atoms with Crippen LogP contribution in [0.3, 0.4) is 0 Å². The first-order valence-corrected chi connectivity index (χ1v) is 8.45. The van der Waals surface area contributed by atoms with Gasteiger partial charge in [-0.05, 0) is 42.0 Å². The zero-order chi connectivity index (χ0) is 16.2. The molecule has 3 aromatic rings. The number of carbonyl (C=O) groups is 1. The van der Waals surface area contributed by atoms with Gasteiger partial charge in [0.05, 0.1) is 10.3 Å². The van der Waals surface area contributed by atoms with E-state index in [0.29, 0.717) is 10.8 Å². The summed E-state index contributed by atoms with van der Waals surface area (Å²) in [4.78, 5) is 17.4. The number of nitrogens with one attached hydrogen (secondary N) is 1. The number of fused-ring (bicyclic) bond motifs is 1. The van der Waals surface area contributed by atoms with Gasteiger partial charge in [0.1, 0.15) is 5.82 Å². The van der Waals surface area contributed by atoms with Crippen LogP contribution in [-0.2, 0) is 4.79 Å². The van der Waals surface area contributed by atoms with Gasteiger partial charge in [-0.3, -0.25) is 4.79 Å². The summed E-state index contributed by atoms with van der Waals surface area (Å²) in [5.74, 6) is 0.420. The normalized spacial score (nSPS) is 12.1. The summed E-state index contributed by atoms with van der Waals surface area (Å²) in [6, 6.07) is 17.8. The third-order valence-corrected chi connectivity index (χ3v) is 4.70. The quantitative estimate of drug-likeness (QED) is 0.678. The van der Waals surface area contributed by atoms with Crippen molar-refractivity contribution in [3.63, 3.8) is 0 Å². The number of thioether (sulfide) groups is 1. The monoisotopic (exact) mass is 342 g/mol. The Labute approximate surface area is 144 Å². The van der Waals surface area contributed by atoms with Crippen molar-refractivity contribution in [2.45, 2.75) is 17.1 Å². The molecule has 0 aliphatic carbocycles. The van der Waals surface area contributed by atoms with Crippen LogP contribution in [0.4, 0.5) is 5.82 Å². The maximum Gasteiger partial charge on any atom is 0.238 e. The van der Waals surface area contributed by atoms with Crippen molar-refractivity contribution in [2.75, 3.05) is 5.32 Å². The third-order valence-electron chi connectivity index (χ3n) is 3.38. The van der Waals surface area contributed by atoms with Gasteiger partial charge in [-0.15, -0.1) is 11.8 Å². The largest absolute Gasteiger partial charge is 0.310 e. The second-order valence-electron chi connectivity index (χ2n) is 5.12. The third kappa shape index (κ3) is 4.03. The van der Waals surface area contributed by atoms with Gasteiger partial charge in [0.2, 0.25) is 5.91 Å². The van der Waals surface area contributed by atoms with Gasteiger partial charge in [0.25, 0.3) is 0 Å². The van der Waals surface area contributed by atoms with E-state index in [-0.39, 0.29) is 11.2 Å². The van der Waals surface area contributed by atoms with Gasteiger partial charge in [-0.2, -0.15) is 0 Å². The van der Waals surface area contributed by atoms with E-state index in [4.69, 9.17) is 11.6 Å². The molecule has 1 heterocycles. The molecule has 0 aliphatic heterocycles. The average Bonchev–Trinajstić information content (AvgIpc) is 2.56. The molecular formula is C18H15ClN2OS. The molecule has 0 radical (unpaired) electrons. The lowest BCUT2D eigenvalue weighted by Gasteiger charge is -2.12. The standard InChI is InChI=1S/C18H15ClN2OS/c1-12(18(22)21-17-9-7-15(19)11-20-17)23-16-8-6-13-4-2-3-5-14(13)10-16/h2-12H,1H3,(H,20,21,22). The number of anilines is 1. The van der Waals surface area contributed by atoms with E-state index >= 15 is 0 Å². The lowest BCUT2D eigenvalue weighted by molar-refractivity contribution is -0.115. The lowest BCUT2D eigenvalue weighted by Crippen LogP contribution is -2.22. The van der Waals surface area contributed by atoms with Crippen LogP contribution in [0.5, 0.6) is 0 Å². The molecule has 3 nitrogen and oxygen atoms in total. The Balaban J connectivity index is 1.68. The summed E-state index contributed by atoms with van der Waals surface area (Å²) < 4.78 is 0. The van der Waals surface area contributed by atoms with Gasteiger partial charge in [0, 0.05) is 11.1 Å². The molecule has 116 valence electrons. The number of hydrogen-bond donors (Lipinski definition) is 1. The van der Waals surface area contributed by atoms with Crippen LogP contribution < -0.4 is 5.32 Å². The topological polar surface area (TPSA) is 42.0 Å². The Morgan fingerprint density at radius 1 is 1.13 bits per heavy atom. The second kappa shape index (κ2) is 7.02. The van der Waals surface area contributed by atoms with Crippen molar-refractivity contribution in [3.05, 3.63) is 65.8 Å². The van der Waals surface area contributed by atoms with Crippen LogP contribution >= 0.6 is 23.4 Å². The molecule has 23 heavy (non-hydrogen) atoms. The van der Waals surface area contributed by atoms with Crippen molar-refractivity contribution in [2.24, 2.45) is 0 Å². The van der Waals surface area contributed by atoms with Crippen molar-refractivity contribution in [3.8, 4) is 0 Å². The number of nitrogens with zero attached hydrogens (tertiary/aromatic N) is 1. The minimum absolute atomic E-state index is 0.0852. The highest BCUT2D eigenvalue weighted by atomic mass is 35.5. The zero-order valence-corrected chi connectivity index (χ0v) is 14.1. The summed E-state index contributed by atoms with van der Waals surface area (Å²) >= 11 is 7.31. The van der Waals surface area contributed by atoms with Crippen LogP contribution in [0.25, 0.3) is 10.8 Å². The highest BCUT2D eigenvalue weighted by molar-refractivity contribution is 8.00. The Morgan fingerprint density at radius 3 is 2.65 bits per heavy atom. The van der Waals surface area contributed by atoms with Gasteiger partial charge < -0.3 is 5.32 Å². The highest BCUT2D eigenvalue weighted by Crippen LogP contribution is 2.27. The number of hydrogen-bond acceptors (Lipinski definition) is 3. The molecule has 0 spiro atoms. The summed E-state index contributed by atoms with van der Waals surface area (Å²) in [6.07, 6.45) is 1.51. The number of halogens is 1. The molecule has 5 heteroatoms. The average molecular weight is 343 g/mol. The fourth-order valence-electron chi connectivity index (χ4n) is 2.18. The highest BCUT2D eigenvalue weighted by Gasteiger charge is 2.15. The minimum Gasteiger partial charge on any atom is -0.310 e. The van der Waals surface area contributed by atoms with Crippen LogP contribution in [0.1, 0.15) is 6.92 Å². The fourth-order valence-corrected chi connectivity index (χ4v) is 3.20. The molecule has 1 unspecified atom stereocenters. The van der Waals surface area contributed by atoms with Crippen LogP contribution in [0.15, 0.2) is 65.7 Å². The van der Waals surface area contributed by atoms with E-state index in [9.17, 15) is 4.79 Å². The second-order valence-corrected chi connectivity index (χ2v) is 6.97. The summed E-state index contributed by atoms with van der Waals surface area (Å²) in [5.41, 5.74) is 0. The van der Waals surface area contributed by atoms with E-state index in [1.165, 1.54) is 28.7 Å². The van der Waals surface area contributed by atoms with E-state index in [1.54, 1.807) is 12.1 Å². The first kappa shape index (κ1) is 15.8. The van der Waals surface area contributed by atoms with Crippen LogP contribution in [0, 0.1) is 0 Å². The maximum atomic E-state index is 12.3. The van der Waals surface area contributed by atoms with Gasteiger partial charge in [-0.25, -0.2) is 4.98 Å². The molecule has 3 rings (SSSR count). The Morgan fingerprint density at radius 2 is 1.91 bits per heavy atom. The zero-order valence-electron chi connectivity index (χ0n) is 12.5. The van der Waals surface area contributed by atoms with Gasteiger partial charge in [-0.1, -0.05) is 41.9 Å². The van der Waals surface area contributed by atoms with Crippen LogP contribution in [0.2, 0.25) is 5.02 Å². The number of amides is 1. The number of benzene rings is 2. The van der Waals surface area contributed by atoms with Crippen molar-refractivity contribution in [1.29, 1.82) is 0 Å². The summed E-state index contributed by atoms with van der Waals surface area (Å²) in [6.45, 7) is 1.88. The Bertz CT molecular complexity index is 836. The smallest absolute Gasteiger partial charge is 0.238 e. The molecule has 0 bridgehead atoms. The number of carbonyl (C=O) groups excluding carboxylic acids is 1. The van der Waals surface area contributed by atoms with Crippen molar-refractivity contribution < 1.29 is 4.79 Å². The maximum absolute atomic E-state index is 12.3. The predicted octanol–water partition coefficient (Wildman–Crippen LogP) is 5.01. The van der Waals surface area contributed by atoms with E-state index < -0.39 is 0 Å². The molecule has 1 amide bonds.